The summed E-state index contributed by atoms with van der Waals surface area (Å²) < 4.78 is 0. The molecule has 18 heavy (non-hydrogen) atoms. The third kappa shape index (κ3) is 4.83. The summed E-state index contributed by atoms with van der Waals surface area (Å²) in [6.45, 7) is 8.45. The maximum atomic E-state index is 5.36. The summed E-state index contributed by atoms with van der Waals surface area (Å²) in [5.41, 5.74) is 2.31. The zero-order valence-corrected chi connectivity index (χ0v) is 13.1. The molecule has 0 unspecified atom stereocenters. The highest BCUT2D eigenvalue weighted by Crippen LogP contribution is 2.14. The van der Waals surface area contributed by atoms with Crippen molar-refractivity contribution in [3.8, 4) is 0 Å². The van der Waals surface area contributed by atoms with Crippen LogP contribution in [-0.4, -0.2) is 9.85 Å². The van der Waals surface area contributed by atoms with E-state index in [1.54, 1.807) is 0 Å². The molecule has 0 heterocycles. The first-order valence-electron chi connectivity index (χ1n) is 6.32. The van der Waals surface area contributed by atoms with Gasteiger partial charge in [0.25, 0.3) is 0 Å². The zero-order chi connectivity index (χ0) is 13.7. The van der Waals surface area contributed by atoms with Gasteiger partial charge in [0.2, 0.25) is 0 Å². The van der Waals surface area contributed by atoms with Crippen molar-refractivity contribution < 1.29 is 0 Å². The van der Waals surface area contributed by atoms with Crippen LogP contribution in [0.4, 0.5) is 5.69 Å². The van der Waals surface area contributed by atoms with Crippen molar-refractivity contribution in [2.75, 3.05) is 5.32 Å². The van der Waals surface area contributed by atoms with E-state index in [0.717, 1.165) is 22.0 Å². The van der Waals surface area contributed by atoms with Gasteiger partial charge in [0, 0.05) is 18.0 Å². The molecule has 0 radical (unpaired) electrons. The fourth-order valence-corrected chi connectivity index (χ4v) is 1.68. The maximum Gasteiger partial charge on any atom is 0.0823 e. The Bertz CT molecular complexity index is 378. The third-order valence-electron chi connectivity index (χ3n) is 2.77. The topological polar surface area (TPSA) is 12.0 Å². The fourth-order valence-electron chi connectivity index (χ4n) is 1.40. The van der Waals surface area contributed by atoms with Crippen LogP contribution in [0.5, 0.6) is 0 Å². The van der Waals surface area contributed by atoms with Gasteiger partial charge in [-0.2, -0.15) is 0 Å². The number of anilines is 1. The van der Waals surface area contributed by atoms with Gasteiger partial charge in [-0.3, -0.25) is 0 Å². The highest BCUT2D eigenvalue weighted by atomic mass is 32.1. The molecule has 0 aliphatic heterocycles. The first-order chi connectivity index (χ1) is 8.40. The molecule has 0 bridgehead atoms. The minimum atomic E-state index is 0.369. The molecular weight excluding hydrogens is 258 g/mol. The lowest BCUT2D eigenvalue weighted by atomic mass is 10.0. The van der Waals surface area contributed by atoms with Crippen LogP contribution in [0.1, 0.15) is 33.3 Å². The van der Waals surface area contributed by atoms with E-state index in [1.807, 2.05) is 0 Å². The lowest BCUT2D eigenvalue weighted by Crippen LogP contribution is -2.15. The van der Waals surface area contributed by atoms with E-state index in [1.165, 1.54) is 5.56 Å². The van der Waals surface area contributed by atoms with Gasteiger partial charge < -0.3 is 5.32 Å². The highest BCUT2D eigenvalue weighted by molar-refractivity contribution is 7.80. The van der Waals surface area contributed by atoms with Crippen molar-refractivity contribution in [1.82, 2.24) is 0 Å². The van der Waals surface area contributed by atoms with Crippen molar-refractivity contribution >= 4 is 40.0 Å². The van der Waals surface area contributed by atoms with Crippen LogP contribution in [-0.2, 0) is 6.42 Å². The van der Waals surface area contributed by atoms with Crippen LogP contribution < -0.4 is 5.32 Å². The molecule has 0 aliphatic carbocycles. The number of hydrogen-bond acceptors (Lipinski definition) is 2. The molecule has 1 N–H and O–H groups in total. The summed E-state index contributed by atoms with van der Waals surface area (Å²) in [6.07, 6.45) is 0.877. The van der Waals surface area contributed by atoms with Crippen LogP contribution in [0, 0.1) is 11.8 Å². The molecule has 1 rings (SSSR count). The Morgan fingerprint density at radius 1 is 1.00 bits per heavy atom. The quantitative estimate of drug-likeness (QED) is 0.788. The molecule has 1 aromatic carbocycles. The van der Waals surface area contributed by atoms with Crippen molar-refractivity contribution in [3.05, 3.63) is 29.8 Å². The van der Waals surface area contributed by atoms with E-state index in [2.05, 4.69) is 57.3 Å². The minimum absolute atomic E-state index is 0.369. The van der Waals surface area contributed by atoms with Gasteiger partial charge >= 0.3 is 0 Å². The smallest absolute Gasteiger partial charge is 0.0823 e. The van der Waals surface area contributed by atoms with E-state index in [4.69, 9.17) is 24.4 Å². The second-order valence-corrected chi connectivity index (χ2v) is 6.10. The Labute approximate surface area is 121 Å². The first kappa shape index (κ1) is 15.3. The van der Waals surface area contributed by atoms with Crippen LogP contribution >= 0.6 is 24.4 Å². The molecular formula is C15H21NS2. The van der Waals surface area contributed by atoms with Crippen molar-refractivity contribution in [1.29, 1.82) is 0 Å². The monoisotopic (exact) mass is 279 g/mol. The third-order valence-corrected chi connectivity index (χ3v) is 3.96. The van der Waals surface area contributed by atoms with Crippen molar-refractivity contribution in [3.63, 3.8) is 0 Å². The van der Waals surface area contributed by atoms with E-state index < -0.39 is 0 Å². The lowest BCUT2D eigenvalue weighted by molar-refractivity contribution is 0.882. The van der Waals surface area contributed by atoms with E-state index in [9.17, 15) is 0 Å². The van der Waals surface area contributed by atoms with Gasteiger partial charge in [-0.05, 0) is 28.5 Å². The largest absolute Gasteiger partial charge is 0.350 e. The Kier molecular flexibility index (Phi) is 5.89. The summed E-state index contributed by atoms with van der Waals surface area (Å²) in [5.74, 6) is 0.833. The molecule has 0 spiro atoms. The standard InChI is InChI=1S/C15H21NS2/c1-10(2)14(17)9-12-5-7-13(8-6-12)16-15(18)11(3)4/h5-8,10-11H,9H2,1-4H3,(H,16,18). The summed E-state index contributed by atoms with van der Waals surface area (Å²) in [7, 11) is 0. The Morgan fingerprint density at radius 3 is 2.00 bits per heavy atom. The summed E-state index contributed by atoms with van der Waals surface area (Å²) >= 11 is 10.6. The molecule has 3 heteroatoms. The van der Waals surface area contributed by atoms with Gasteiger partial charge in [0.15, 0.2) is 0 Å². The molecule has 0 saturated heterocycles. The van der Waals surface area contributed by atoms with Crippen LogP contribution in [0.3, 0.4) is 0 Å². The van der Waals surface area contributed by atoms with Crippen molar-refractivity contribution in [2.24, 2.45) is 11.8 Å². The van der Waals surface area contributed by atoms with Gasteiger partial charge in [-0.25, -0.2) is 0 Å². The predicted molar refractivity (Wildman–Crippen MR) is 88.6 cm³/mol. The molecule has 1 aromatic rings. The zero-order valence-electron chi connectivity index (χ0n) is 11.5. The maximum absolute atomic E-state index is 5.36. The molecule has 98 valence electrons. The first-order valence-corrected chi connectivity index (χ1v) is 7.14. The SMILES string of the molecule is CC(C)C(=S)Cc1ccc(NC(=S)C(C)C)cc1. The second kappa shape index (κ2) is 6.95. The molecule has 0 aromatic heterocycles. The van der Waals surface area contributed by atoms with E-state index in [0.29, 0.717) is 11.8 Å². The highest BCUT2D eigenvalue weighted by Gasteiger charge is 2.05. The minimum Gasteiger partial charge on any atom is -0.350 e. The predicted octanol–water partition coefficient (Wildman–Crippen LogP) is 4.65. The number of hydrogen-bond donors (Lipinski definition) is 1. The summed E-state index contributed by atoms with van der Waals surface area (Å²) in [6, 6.07) is 8.35. The van der Waals surface area contributed by atoms with Gasteiger partial charge in [-0.1, -0.05) is 64.3 Å². The number of rotatable bonds is 5. The molecule has 0 fully saturated rings. The average molecular weight is 279 g/mol. The van der Waals surface area contributed by atoms with Gasteiger partial charge in [0.05, 0.1) is 4.99 Å². The number of nitrogens with one attached hydrogen (secondary N) is 1. The molecule has 0 amide bonds. The fraction of sp³-hybridized carbons (Fsp3) is 0.467. The van der Waals surface area contributed by atoms with Gasteiger partial charge in [-0.15, -0.1) is 0 Å². The Hall–Kier alpha value is -0.800. The van der Waals surface area contributed by atoms with Crippen LogP contribution in [0.2, 0.25) is 0 Å². The normalized spacial score (nSPS) is 10.8. The molecule has 0 saturated carbocycles. The molecule has 0 atom stereocenters. The van der Waals surface area contributed by atoms with Crippen LogP contribution in [0.25, 0.3) is 0 Å². The van der Waals surface area contributed by atoms with E-state index >= 15 is 0 Å². The number of thiocarbonyl (C=S) groups is 2. The Balaban J connectivity index is 2.63. The lowest BCUT2D eigenvalue weighted by Gasteiger charge is -2.12. The number of benzene rings is 1. The van der Waals surface area contributed by atoms with Crippen LogP contribution in [0.15, 0.2) is 24.3 Å². The van der Waals surface area contributed by atoms with Gasteiger partial charge in [0.1, 0.15) is 0 Å². The summed E-state index contributed by atoms with van der Waals surface area (Å²) in [5, 5.41) is 3.24. The average Bonchev–Trinajstić information content (AvgIpc) is 2.31. The second-order valence-electron chi connectivity index (χ2n) is 5.14. The molecule has 0 aliphatic rings. The van der Waals surface area contributed by atoms with Crippen molar-refractivity contribution in [2.45, 2.75) is 34.1 Å². The van der Waals surface area contributed by atoms with E-state index in [-0.39, 0.29) is 0 Å². The summed E-state index contributed by atoms with van der Waals surface area (Å²) in [4.78, 5) is 1.98. The molecule has 1 nitrogen and oxygen atoms in total. The Morgan fingerprint density at radius 2 is 1.56 bits per heavy atom.